The Morgan fingerprint density at radius 2 is 0.952 bits per heavy atom. The van der Waals surface area contributed by atoms with Crippen molar-refractivity contribution in [2.45, 2.75) is 0 Å². The number of hydrogen-bond donors (Lipinski definition) is 0. The summed E-state index contributed by atoms with van der Waals surface area (Å²) in [6.07, 6.45) is 1.76. The number of fused-ring (bicyclic) bond motifs is 7. The van der Waals surface area contributed by atoms with Gasteiger partial charge >= 0.3 is 0 Å². The van der Waals surface area contributed by atoms with Crippen molar-refractivity contribution >= 4 is 54.5 Å². The minimum Gasteiger partial charge on any atom is -0.464 e. The molecular formula is C40H24O2. The van der Waals surface area contributed by atoms with E-state index in [1.807, 2.05) is 6.07 Å². The monoisotopic (exact) mass is 536 g/mol. The van der Waals surface area contributed by atoms with Crippen LogP contribution in [0, 0.1) is 0 Å². The average Bonchev–Trinajstić information content (AvgIpc) is 3.69. The highest BCUT2D eigenvalue weighted by molar-refractivity contribution is 6.28. The van der Waals surface area contributed by atoms with Gasteiger partial charge in [-0.2, -0.15) is 0 Å². The quantitative estimate of drug-likeness (QED) is 0.210. The number of furan rings is 2. The first-order chi connectivity index (χ1) is 20.9. The zero-order valence-corrected chi connectivity index (χ0v) is 22.7. The molecule has 0 spiro atoms. The minimum atomic E-state index is 0.835. The van der Waals surface area contributed by atoms with Crippen LogP contribution in [0.25, 0.3) is 87.8 Å². The normalized spacial score (nSPS) is 11.8. The van der Waals surface area contributed by atoms with Gasteiger partial charge in [-0.3, -0.25) is 0 Å². The van der Waals surface area contributed by atoms with Gasteiger partial charge in [-0.1, -0.05) is 115 Å². The molecule has 2 heteroatoms. The van der Waals surface area contributed by atoms with Gasteiger partial charge in [0.25, 0.3) is 0 Å². The van der Waals surface area contributed by atoms with Crippen LogP contribution in [0.15, 0.2) is 155 Å². The Hall–Kier alpha value is -5.60. The highest BCUT2D eigenvalue weighted by Gasteiger charge is 2.22. The molecule has 0 amide bonds. The molecule has 2 nitrogen and oxygen atoms in total. The summed E-state index contributed by atoms with van der Waals surface area (Å²) >= 11 is 0. The molecule has 42 heavy (non-hydrogen) atoms. The summed E-state index contributed by atoms with van der Waals surface area (Å²) in [5, 5.41) is 8.05. The van der Waals surface area contributed by atoms with Crippen molar-refractivity contribution in [3.05, 3.63) is 146 Å². The maximum atomic E-state index is 6.41. The van der Waals surface area contributed by atoms with E-state index in [9.17, 15) is 0 Å². The van der Waals surface area contributed by atoms with Crippen LogP contribution in [0.2, 0.25) is 0 Å². The number of benzene rings is 7. The van der Waals surface area contributed by atoms with E-state index in [0.717, 1.165) is 38.5 Å². The van der Waals surface area contributed by atoms with E-state index in [1.54, 1.807) is 6.26 Å². The Bertz CT molecular complexity index is 2400. The first kappa shape index (κ1) is 23.1. The maximum Gasteiger partial charge on any atom is 0.145 e. The summed E-state index contributed by atoms with van der Waals surface area (Å²) in [6, 6.07) is 49.6. The van der Waals surface area contributed by atoms with Gasteiger partial charge in [0.15, 0.2) is 0 Å². The lowest BCUT2D eigenvalue weighted by molar-refractivity contribution is 0.618. The van der Waals surface area contributed by atoms with Crippen LogP contribution in [0.3, 0.4) is 0 Å². The predicted octanol–water partition coefficient (Wildman–Crippen LogP) is 11.6. The van der Waals surface area contributed by atoms with Crippen molar-refractivity contribution < 1.29 is 8.83 Å². The van der Waals surface area contributed by atoms with Gasteiger partial charge in [-0.05, 0) is 79.2 Å². The minimum absolute atomic E-state index is 0.835. The molecule has 0 radical (unpaired) electrons. The molecule has 0 unspecified atom stereocenters. The molecule has 0 aliphatic rings. The first-order valence-corrected chi connectivity index (χ1v) is 14.3. The van der Waals surface area contributed by atoms with Gasteiger partial charge in [0.1, 0.15) is 16.7 Å². The van der Waals surface area contributed by atoms with E-state index in [1.165, 1.54) is 49.4 Å². The summed E-state index contributed by atoms with van der Waals surface area (Å²) in [6.45, 7) is 0. The van der Waals surface area contributed by atoms with Crippen LogP contribution >= 0.6 is 0 Å². The SMILES string of the molecule is c1ccc(-c2ccccc2-c2c3ccccc3c(-c3cccc4oc5ccc6ccoc6c5c34)c3ccccc23)cc1. The van der Waals surface area contributed by atoms with Gasteiger partial charge in [-0.15, -0.1) is 0 Å². The standard InChI is InChI=1S/C40H24O2/c1-2-11-25(12-3-1)27-13-4-5-14-28(27)36-29-15-6-8-17-31(29)37(32-18-9-7-16-30(32)36)33-19-10-20-34-38(33)39-35(42-34)22-21-26-23-24-41-40(26)39/h1-24H. The van der Waals surface area contributed by atoms with Crippen molar-refractivity contribution in [2.24, 2.45) is 0 Å². The third kappa shape index (κ3) is 3.27. The first-order valence-electron chi connectivity index (χ1n) is 14.3. The number of rotatable bonds is 3. The number of hydrogen-bond acceptors (Lipinski definition) is 2. The van der Waals surface area contributed by atoms with E-state index in [-0.39, 0.29) is 0 Å². The van der Waals surface area contributed by atoms with Crippen LogP contribution in [-0.4, -0.2) is 0 Å². The molecule has 2 aromatic heterocycles. The lowest BCUT2D eigenvalue weighted by Crippen LogP contribution is -1.93. The lowest BCUT2D eigenvalue weighted by Gasteiger charge is -2.20. The van der Waals surface area contributed by atoms with Crippen LogP contribution in [0.5, 0.6) is 0 Å². The Morgan fingerprint density at radius 3 is 1.67 bits per heavy atom. The molecule has 0 saturated heterocycles. The smallest absolute Gasteiger partial charge is 0.145 e. The third-order valence-electron chi connectivity index (χ3n) is 8.56. The van der Waals surface area contributed by atoms with Crippen molar-refractivity contribution in [1.29, 1.82) is 0 Å². The van der Waals surface area contributed by atoms with Gasteiger partial charge < -0.3 is 8.83 Å². The molecule has 9 aromatic rings. The van der Waals surface area contributed by atoms with Crippen molar-refractivity contribution in [3.8, 4) is 33.4 Å². The zero-order valence-electron chi connectivity index (χ0n) is 22.7. The van der Waals surface area contributed by atoms with Gasteiger partial charge in [0.05, 0.1) is 11.6 Å². The molecule has 2 heterocycles. The van der Waals surface area contributed by atoms with Crippen LogP contribution in [0.4, 0.5) is 0 Å². The molecule has 0 aliphatic carbocycles. The summed E-state index contributed by atoms with van der Waals surface area (Å²) in [4.78, 5) is 0. The summed E-state index contributed by atoms with van der Waals surface area (Å²) in [5.41, 5.74) is 9.82. The van der Waals surface area contributed by atoms with E-state index < -0.39 is 0 Å². The Kier molecular flexibility index (Phi) is 4.93. The second kappa shape index (κ2) is 8.95. The van der Waals surface area contributed by atoms with E-state index in [4.69, 9.17) is 8.83 Å². The van der Waals surface area contributed by atoms with Crippen LogP contribution < -0.4 is 0 Å². The van der Waals surface area contributed by atoms with Crippen molar-refractivity contribution in [1.82, 2.24) is 0 Å². The zero-order chi connectivity index (χ0) is 27.6. The molecular weight excluding hydrogens is 512 g/mol. The van der Waals surface area contributed by atoms with Gasteiger partial charge in [0, 0.05) is 10.8 Å². The highest BCUT2D eigenvalue weighted by atomic mass is 16.3. The molecule has 0 atom stereocenters. The Labute approximate surface area is 242 Å². The summed E-state index contributed by atoms with van der Waals surface area (Å²) in [5.74, 6) is 0. The second-order valence-corrected chi connectivity index (χ2v) is 10.8. The van der Waals surface area contributed by atoms with Crippen LogP contribution in [0.1, 0.15) is 0 Å². The fourth-order valence-electron chi connectivity index (χ4n) is 6.82. The molecule has 0 fully saturated rings. The maximum absolute atomic E-state index is 6.41. The lowest BCUT2D eigenvalue weighted by atomic mass is 9.83. The largest absolute Gasteiger partial charge is 0.464 e. The molecule has 9 rings (SSSR count). The van der Waals surface area contributed by atoms with E-state index in [2.05, 4.69) is 133 Å². The molecule has 7 aromatic carbocycles. The Balaban J connectivity index is 1.46. The van der Waals surface area contributed by atoms with Crippen molar-refractivity contribution in [2.75, 3.05) is 0 Å². The summed E-state index contributed by atoms with van der Waals surface area (Å²) < 4.78 is 12.4. The highest BCUT2D eigenvalue weighted by Crippen LogP contribution is 2.49. The van der Waals surface area contributed by atoms with Crippen LogP contribution in [-0.2, 0) is 0 Å². The topological polar surface area (TPSA) is 26.3 Å². The molecule has 0 aliphatic heterocycles. The molecule has 196 valence electrons. The molecule has 0 N–H and O–H groups in total. The second-order valence-electron chi connectivity index (χ2n) is 10.8. The fourth-order valence-corrected chi connectivity index (χ4v) is 6.82. The van der Waals surface area contributed by atoms with Gasteiger partial charge in [-0.25, -0.2) is 0 Å². The predicted molar refractivity (Wildman–Crippen MR) is 175 cm³/mol. The van der Waals surface area contributed by atoms with Gasteiger partial charge in [0.2, 0.25) is 0 Å². The Morgan fingerprint density at radius 1 is 0.381 bits per heavy atom. The average molecular weight is 537 g/mol. The summed E-state index contributed by atoms with van der Waals surface area (Å²) in [7, 11) is 0. The fraction of sp³-hybridized carbons (Fsp3) is 0. The van der Waals surface area contributed by atoms with E-state index in [0.29, 0.717) is 0 Å². The molecule has 0 bridgehead atoms. The third-order valence-corrected chi connectivity index (χ3v) is 8.56. The van der Waals surface area contributed by atoms with E-state index >= 15 is 0 Å². The molecule has 0 saturated carbocycles. The van der Waals surface area contributed by atoms with Crippen molar-refractivity contribution in [3.63, 3.8) is 0 Å².